The number of pyridine rings is 1. The van der Waals surface area contributed by atoms with Crippen LogP contribution in [0.5, 0.6) is 0 Å². The van der Waals surface area contributed by atoms with E-state index in [1.807, 2.05) is 19.9 Å². The fourth-order valence-corrected chi connectivity index (χ4v) is 2.29. The minimum atomic E-state index is 0.398. The molecule has 0 bridgehead atoms. The summed E-state index contributed by atoms with van der Waals surface area (Å²) in [6.07, 6.45) is 1.59. The third kappa shape index (κ3) is 3.09. The van der Waals surface area contributed by atoms with Crippen LogP contribution >= 0.6 is 35.0 Å². The van der Waals surface area contributed by atoms with Crippen LogP contribution in [0.2, 0.25) is 10.2 Å². The molecule has 2 heterocycles. The van der Waals surface area contributed by atoms with E-state index in [9.17, 15) is 0 Å². The van der Waals surface area contributed by atoms with Gasteiger partial charge in [0.05, 0.1) is 16.4 Å². The SMILES string of the molecule is Cc1nc(Cl)c(Sc2ccc(Cl)cn2)nc1C. The van der Waals surface area contributed by atoms with Crippen LogP contribution in [0.25, 0.3) is 0 Å². The summed E-state index contributed by atoms with van der Waals surface area (Å²) in [7, 11) is 0. The Hall–Kier alpha value is -0.840. The first-order chi connectivity index (χ1) is 8.06. The third-order valence-electron chi connectivity index (χ3n) is 2.14. The number of hydrogen-bond acceptors (Lipinski definition) is 4. The van der Waals surface area contributed by atoms with Crippen molar-refractivity contribution in [3.63, 3.8) is 0 Å². The number of rotatable bonds is 2. The Kier molecular flexibility index (Phi) is 3.86. The molecule has 0 aromatic carbocycles. The Bertz CT molecular complexity index is 543. The average Bonchev–Trinajstić information content (AvgIpc) is 2.29. The molecule has 0 spiro atoms. The van der Waals surface area contributed by atoms with Gasteiger partial charge >= 0.3 is 0 Å². The molecule has 88 valence electrons. The van der Waals surface area contributed by atoms with Crippen molar-refractivity contribution in [3.05, 3.63) is 39.9 Å². The lowest BCUT2D eigenvalue weighted by molar-refractivity contribution is 0.954. The van der Waals surface area contributed by atoms with Crippen LogP contribution < -0.4 is 0 Å². The summed E-state index contributed by atoms with van der Waals surface area (Å²) in [6, 6.07) is 3.60. The Labute approximate surface area is 114 Å². The second kappa shape index (κ2) is 5.21. The van der Waals surface area contributed by atoms with Gasteiger partial charge in [0.2, 0.25) is 0 Å². The molecule has 2 aromatic heterocycles. The van der Waals surface area contributed by atoms with Gasteiger partial charge in [0.25, 0.3) is 0 Å². The number of aromatic nitrogens is 3. The average molecular weight is 286 g/mol. The first-order valence-corrected chi connectivity index (χ1v) is 6.43. The van der Waals surface area contributed by atoms with Gasteiger partial charge in [-0.25, -0.2) is 15.0 Å². The molecule has 2 rings (SSSR count). The molecule has 0 radical (unpaired) electrons. The Morgan fingerprint density at radius 3 is 2.41 bits per heavy atom. The van der Waals surface area contributed by atoms with Crippen molar-refractivity contribution in [3.8, 4) is 0 Å². The van der Waals surface area contributed by atoms with E-state index in [4.69, 9.17) is 23.2 Å². The number of nitrogens with zero attached hydrogens (tertiary/aromatic N) is 3. The molecule has 3 nitrogen and oxygen atoms in total. The summed E-state index contributed by atoms with van der Waals surface area (Å²) in [6.45, 7) is 3.78. The van der Waals surface area contributed by atoms with E-state index in [1.54, 1.807) is 12.3 Å². The topological polar surface area (TPSA) is 38.7 Å². The molecule has 0 saturated heterocycles. The quantitative estimate of drug-likeness (QED) is 0.838. The molecule has 0 atom stereocenters. The van der Waals surface area contributed by atoms with Crippen LogP contribution in [-0.2, 0) is 0 Å². The van der Waals surface area contributed by atoms with Crippen LogP contribution in [-0.4, -0.2) is 15.0 Å². The van der Waals surface area contributed by atoms with Crippen LogP contribution in [0, 0.1) is 13.8 Å². The fourth-order valence-electron chi connectivity index (χ4n) is 1.14. The van der Waals surface area contributed by atoms with Crippen molar-refractivity contribution in [1.82, 2.24) is 15.0 Å². The van der Waals surface area contributed by atoms with Crippen LogP contribution in [0.4, 0.5) is 0 Å². The number of aryl methyl sites for hydroxylation is 2. The Morgan fingerprint density at radius 1 is 1.06 bits per heavy atom. The molecule has 2 aromatic rings. The first-order valence-electron chi connectivity index (χ1n) is 4.86. The van der Waals surface area contributed by atoms with E-state index >= 15 is 0 Å². The predicted octanol–water partition coefficient (Wildman–Crippen LogP) is 3.95. The highest BCUT2D eigenvalue weighted by atomic mass is 35.5. The standard InChI is InChI=1S/C11H9Cl2N3S/c1-6-7(2)16-11(10(13)15-6)17-9-4-3-8(12)5-14-9/h3-5H,1-2H3. The largest absolute Gasteiger partial charge is 0.248 e. The summed E-state index contributed by atoms with van der Waals surface area (Å²) >= 11 is 13.2. The number of halogens is 2. The van der Waals surface area contributed by atoms with Gasteiger partial charge in [-0.3, -0.25) is 0 Å². The van der Waals surface area contributed by atoms with Crippen LogP contribution in [0.3, 0.4) is 0 Å². The summed E-state index contributed by atoms with van der Waals surface area (Å²) in [5, 5.41) is 2.44. The molecule has 0 amide bonds. The van der Waals surface area contributed by atoms with Crippen molar-refractivity contribution >= 4 is 35.0 Å². The van der Waals surface area contributed by atoms with Crippen molar-refractivity contribution in [1.29, 1.82) is 0 Å². The molecule has 0 fully saturated rings. The maximum Gasteiger partial charge on any atom is 0.161 e. The summed E-state index contributed by atoms with van der Waals surface area (Å²) in [5.74, 6) is 0. The van der Waals surface area contributed by atoms with E-state index in [2.05, 4.69) is 15.0 Å². The maximum atomic E-state index is 6.03. The van der Waals surface area contributed by atoms with Gasteiger partial charge in [-0.2, -0.15) is 0 Å². The minimum Gasteiger partial charge on any atom is -0.248 e. The fraction of sp³-hybridized carbons (Fsp3) is 0.182. The van der Waals surface area contributed by atoms with Crippen LogP contribution in [0.15, 0.2) is 28.4 Å². The van der Waals surface area contributed by atoms with Crippen LogP contribution in [0.1, 0.15) is 11.4 Å². The van der Waals surface area contributed by atoms with E-state index in [-0.39, 0.29) is 0 Å². The highest BCUT2D eigenvalue weighted by Gasteiger charge is 2.09. The molecule has 0 aliphatic carbocycles. The van der Waals surface area contributed by atoms with E-state index in [0.29, 0.717) is 15.2 Å². The lowest BCUT2D eigenvalue weighted by atomic mass is 10.4. The molecule has 0 N–H and O–H groups in total. The maximum absolute atomic E-state index is 6.03. The smallest absolute Gasteiger partial charge is 0.161 e. The second-order valence-electron chi connectivity index (χ2n) is 3.41. The highest BCUT2D eigenvalue weighted by molar-refractivity contribution is 7.99. The lowest BCUT2D eigenvalue weighted by Crippen LogP contribution is -1.95. The summed E-state index contributed by atoms with van der Waals surface area (Å²) < 4.78 is 0. The molecule has 0 aliphatic rings. The van der Waals surface area contributed by atoms with Crippen molar-refractivity contribution in [2.45, 2.75) is 23.9 Å². The van der Waals surface area contributed by atoms with Gasteiger partial charge in [-0.1, -0.05) is 23.2 Å². The van der Waals surface area contributed by atoms with Crippen molar-refractivity contribution in [2.75, 3.05) is 0 Å². The highest BCUT2D eigenvalue weighted by Crippen LogP contribution is 2.30. The third-order valence-corrected chi connectivity index (χ3v) is 3.66. The minimum absolute atomic E-state index is 0.398. The molecular formula is C11H9Cl2N3S. The molecular weight excluding hydrogens is 277 g/mol. The van der Waals surface area contributed by atoms with Gasteiger partial charge in [0.1, 0.15) is 10.1 Å². The zero-order chi connectivity index (χ0) is 12.4. The molecule has 0 saturated carbocycles. The van der Waals surface area contributed by atoms with Gasteiger partial charge in [0, 0.05) is 6.20 Å². The molecule has 6 heteroatoms. The zero-order valence-corrected chi connectivity index (χ0v) is 11.6. The summed E-state index contributed by atoms with van der Waals surface area (Å²) in [4.78, 5) is 12.8. The number of hydrogen-bond donors (Lipinski definition) is 0. The second-order valence-corrected chi connectivity index (χ2v) is 5.21. The summed E-state index contributed by atoms with van der Waals surface area (Å²) in [5.41, 5.74) is 1.70. The van der Waals surface area contributed by atoms with E-state index < -0.39 is 0 Å². The predicted molar refractivity (Wildman–Crippen MR) is 69.9 cm³/mol. The molecule has 0 aliphatic heterocycles. The molecule has 17 heavy (non-hydrogen) atoms. The van der Waals surface area contributed by atoms with Crippen molar-refractivity contribution in [2.24, 2.45) is 0 Å². The van der Waals surface area contributed by atoms with Crippen molar-refractivity contribution < 1.29 is 0 Å². The lowest BCUT2D eigenvalue weighted by Gasteiger charge is -2.05. The monoisotopic (exact) mass is 285 g/mol. The molecule has 0 unspecified atom stereocenters. The van der Waals surface area contributed by atoms with E-state index in [1.165, 1.54) is 11.8 Å². The first kappa shape index (κ1) is 12.6. The Morgan fingerprint density at radius 2 is 1.76 bits per heavy atom. The normalized spacial score (nSPS) is 10.6. The van der Waals surface area contributed by atoms with Gasteiger partial charge < -0.3 is 0 Å². The zero-order valence-electron chi connectivity index (χ0n) is 9.24. The Balaban J connectivity index is 2.30. The van der Waals surface area contributed by atoms with Gasteiger partial charge in [0.15, 0.2) is 5.15 Å². The van der Waals surface area contributed by atoms with Gasteiger partial charge in [-0.15, -0.1) is 0 Å². The van der Waals surface area contributed by atoms with Gasteiger partial charge in [-0.05, 0) is 37.7 Å². The van der Waals surface area contributed by atoms with E-state index in [0.717, 1.165) is 16.4 Å².